The molecule has 7 nitrogen and oxygen atoms in total. The van der Waals surface area contributed by atoms with Crippen LogP contribution in [0.15, 0.2) is 46.6 Å². The molecule has 0 aliphatic carbocycles. The van der Waals surface area contributed by atoms with Crippen LogP contribution in [0.2, 0.25) is 0 Å². The molecule has 7 heteroatoms. The van der Waals surface area contributed by atoms with Gasteiger partial charge in [-0.1, -0.05) is 0 Å². The van der Waals surface area contributed by atoms with Crippen molar-refractivity contribution < 1.29 is 9.36 Å². The highest BCUT2D eigenvalue weighted by molar-refractivity contribution is 6.53. The van der Waals surface area contributed by atoms with Gasteiger partial charge in [0, 0.05) is 45.2 Å². The summed E-state index contributed by atoms with van der Waals surface area (Å²) in [4.78, 5) is 31.5. The fraction of sp³-hybridized carbons (Fsp3) is 0.222. The van der Waals surface area contributed by atoms with Crippen molar-refractivity contribution in [3.05, 3.63) is 52.8 Å². The first-order valence-corrected chi connectivity index (χ1v) is 7.90. The molecule has 1 aromatic heterocycles. The van der Waals surface area contributed by atoms with Gasteiger partial charge >= 0.3 is 0 Å². The van der Waals surface area contributed by atoms with E-state index in [1.54, 1.807) is 23.6 Å². The van der Waals surface area contributed by atoms with Crippen molar-refractivity contribution in [2.75, 3.05) is 11.9 Å². The molecule has 0 N–H and O–H groups in total. The molecule has 0 saturated carbocycles. The first-order chi connectivity index (χ1) is 11.9. The van der Waals surface area contributed by atoms with Gasteiger partial charge in [0.05, 0.1) is 5.69 Å². The highest BCUT2D eigenvalue weighted by Crippen LogP contribution is 2.32. The summed E-state index contributed by atoms with van der Waals surface area (Å²) >= 11 is 0. The Labute approximate surface area is 144 Å². The highest BCUT2D eigenvalue weighted by Gasteiger charge is 2.39. The van der Waals surface area contributed by atoms with Gasteiger partial charge in [-0.3, -0.25) is 9.59 Å². The molecule has 0 saturated heterocycles. The minimum atomic E-state index is -0.213. The van der Waals surface area contributed by atoms with E-state index in [1.807, 2.05) is 60.0 Å². The molecule has 0 bridgehead atoms. The maximum absolute atomic E-state index is 12.7. The van der Waals surface area contributed by atoms with Gasteiger partial charge in [-0.05, 0) is 12.1 Å². The molecule has 3 aliphatic rings. The Kier molecular flexibility index (Phi) is 3.15. The van der Waals surface area contributed by atoms with Gasteiger partial charge in [0.25, 0.3) is 17.2 Å². The van der Waals surface area contributed by atoms with Gasteiger partial charge < -0.3 is 14.0 Å². The van der Waals surface area contributed by atoms with Gasteiger partial charge in [-0.15, -0.1) is 0 Å². The number of fused-ring (bicyclic) bond motifs is 2. The molecule has 4 heterocycles. The van der Waals surface area contributed by atoms with Crippen LogP contribution in [0, 0.1) is 0 Å². The van der Waals surface area contributed by atoms with Crippen molar-refractivity contribution in [2.24, 2.45) is 26.1 Å². The molecule has 0 unspecified atom stereocenters. The van der Waals surface area contributed by atoms with Crippen LogP contribution in [0.4, 0.5) is 11.4 Å². The van der Waals surface area contributed by atoms with Gasteiger partial charge in [0.15, 0.2) is 6.20 Å². The fourth-order valence-corrected chi connectivity index (χ4v) is 3.28. The van der Waals surface area contributed by atoms with E-state index in [0.29, 0.717) is 17.1 Å². The van der Waals surface area contributed by atoms with Crippen molar-refractivity contribution in [1.82, 2.24) is 9.13 Å². The zero-order valence-corrected chi connectivity index (χ0v) is 14.5. The summed E-state index contributed by atoms with van der Waals surface area (Å²) < 4.78 is 5.29. The number of anilines is 1. The molecule has 1 amide bonds. The SMILES string of the molecule is CN1C(=O)/C(=N\c2c3ccn(C)cc-3n(C)c2=O)c2c1ccc[n+]2C. The predicted molar refractivity (Wildman–Crippen MR) is 94.5 cm³/mol. The van der Waals surface area contributed by atoms with Crippen LogP contribution in [0.5, 0.6) is 0 Å². The Morgan fingerprint density at radius 1 is 1.12 bits per heavy atom. The number of nitrogens with zero attached hydrogens (tertiary/aromatic N) is 5. The molecule has 0 fully saturated rings. The average Bonchev–Trinajstić information content (AvgIpc) is 2.97. The molecule has 0 radical (unpaired) electrons. The molecule has 0 spiro atoms. The van der Waals surface area contributed by atoms with Gasteiger partial charge in [0.2, 0.25) is 5.71 Å². The molecule has 126 valence electrons. The maximum Gasteiger partial charge on any atom is 0.283 e. The third-order valence-corrected chi connectivity index (χ3v) is 4.68. The summed E-state index contributed by atoms with van der Waals surface area (Å²) in [7, 11) is 7.19. The van der Waals surface area contributed by atoms with E-state index < -0.39 is 0 Å². The average molecular weight is 336 g/mol. The van der Waals surface area contributed by atoms with E-state index in [-0.39, 0.29) is 11.5 Å². The second-order valence-electron chi connectivity index (χ2n) is 6.30. The monoisotopic (exact) mass is 336 g/mol. The zero-order valence-electron chi connectivity index (χ0n) is 14.5. The van der Waals surface area contributed by atoms with Crippen LogP contribution < -0.4 is 15.0 Å². The smallest absolute Gasteiger partial charge is 0.283 e. The molecule has 0 aromatic carbocycles. The summed E-state index contributed by atoms with van der Waals surface area (Å²) in [6, 6.07) is 5.60. The first kappa shape index (κ1) is 15.3. The lowest BCUT2D eigenvalue weighted by Gasteiger charge is -2.06. The number of aryl methyl sites for hydroxylation is 2. The Hall–Kier alpha value is -3.22. The van der Waals surface area contributed by atoms with Crippen molar-refractivity contribution in [3.63, 3.8) is 0 Å². The molecule has 1 aromatic rings. The van der Waals surface area contributed by atoms with Crippen molar-refractivity contribution in [3.8, 4) is 11.3 Å². The molecule has 3 aliphatic heterocycles. The first-order valence-electron chi connectivity index (χ1n) is 7.90. The second-order valence-corrected chi connectivity index (χ2v) is 6.30. The van der Waals surface area contributed by atoms with Crippen molar-refractivity contribution in [2.45, 2.75) is 0 Å². The minimum Gasteiger partial charge on any atom is -0.355 e. The number of hydrogen-bond donors (Lipinski definition) is 0. The topological polar surface area (TPSA) is 63.5 Å². The zero-order chi connectivity index (χ0) is 17.9. The number of likely N-dealkylation sites (N-methyl/N-ethyl adjacent to an activating group) is 1. The highest BCUT2D eigenvalue weighted by atomic mass is 16.2. The molecular weight excluding hydrogens is 318 g/mol. The van der Waals surface area contributed by atoms with Crippen LogP contribution in [0.1, 0.15) is 5.69 Å². The van der Waals surface area contributed by atoms with E-state index in [1.165, 1.54) is 0 Å². The largest absolute Gasteiger partial charge is 0.355 e. The number of rotatable bonds is 1. The summed E-state index contributed by atoms with van der Waals surface area (Å²) in [6.45, 7) is 0. The summed E-state index contributed by atoms with van der Waals surface area (Å²) in [6.07, 6.45) is 5.60. The molecule has 4 rings (SSSR count). The molecule has 25 heavy (non-hydrogen) atoms. The Bertz CT molecular complexity index is 1090. The number of carbonyl (C=O) groups excluding carboxylic acids is 1. The van der Waals surface area contributed by atoms with E-state index in [4.69, 9.17) is 0 Å². The van der Waals surface area contributed by atoms with Crippen LogP contribution in [-0.4, -0.2) is 27.8 Å². The number of pyridine rings is 2. The summed E-state index contributed by atoms with van der Waals surface area (Å²) in [5.74, 6) is -0.213. The Balaban J connectivity index is 2.00. The minimum absolute atomic E-state index is 0.212. The van der Waals surface area contributed by atoms with Crippen LogP contribution in [0.3, 0.4) is 0 Å². The number of carbonyl (C=O) groups is 1. The van der Waals surface area contributed by atoms with Crippen molar-refractivity contribution in [1.29, 1.82) is 0 Å². The lowest BCUT2D eigenvalue weighted by Crippen LogP contribution is -2.35. The van der Waals surface area contributed by atoms with Crippen LogP contribution >= 0.6 is 0 Å². The Morgan fingerprint density at radius 3 is 2.64 bits per heavy atom. The predicted octanol–water partition coefficient (Wildman–Crippen LogP) is 0.750. The van der Waals surface area contributed by atoms with E-state index in [9.17, 15) is 9.59 Å². The maximum atomic E-state index is 12.7. The molecule has 0 atom stereocenters. The fourth-order valence-electron chi connectivity index (χ4n) is 3.28. The van der Waals surface area contributed by atoms with Crippen molar-refractivity contribution >= 4 is 23.0 Å². The standard InChI is InChI=1S/C18H18N5O2/c1-20-9-7-11-13(10-20)23(4)17(24)14(11)19-15-16-12(22(3)18(15)25)6-5-8-21(16)2/h5-10H,1-4H3/q+1. The van der Waals surface area contributed by atoms with Crippen LogP contribution in [0.25, 0.3) is 11.3 Å². The normalized spacial score (nSPS) is 15.4. The van der Waals surface area contributed by atoms with Crippen LogP contribution in [-0.2, 0) is 25.9 Å². The number of hydrogen-bond acceptors (Lipinski definition) is 3. The third-order valence-electron chi connectivity index (χ3n) is 4.68. The quantitative estimate of drug-likeness (QED) is 0.616. The number of aliphatic imine (C=N–C) groups is 1. The van der Waals surface area contributed by atoms with E-state index in [0.717, 1.165) is 16.9 Å². The third kappa shape index (κ3) is 2.05. The van der Waals surface area contributed by atoms with E-state index >= 15 is 0 Å². The molecular formula is C18H18N5O2+. The summed E-state index contributed by atoms with van der Waals surface area (Å²) in [5.41, 5.74) is 3.40. The van der Waals surface area contributed by atoms with Gasteiger partial charge in [-0.25, -0.2) is 4.99 Å². The lowest BCUT2D eigenvalue weighted by molar-refractivity contribution is -0.671. The van der Waals surface area contributed by atoms with Gasteiger partial charge in [0.1, 0.15) is 18.4 Å². The number of amides is 1. The summed E-state index contributed by atoms with van der Waals surface area (Å²) in [5, 5.41) is 0. The number of aromatic nitrogens is 3. The lowest BCUT2D eigenvalue weighted by atomic mass is 10.2. The van der Waals surface area contributed by atoms with E-state index in [2.05, 4.69) is 4.99 Å². The van der Waals surface area contributed by atoms with Gasteiger partial charge in [-0.2, -0.15) is 4.57 Å². The Morgan fingerprint density at radius 2 is 1.88 bits per heavy atom. The second kappa shape index (κ2) is 5.14.